The van der Waals surface area contributed by atoms with Gasteiger partial charge in [-0.1, -0.05) is 31.2 Å². The first-order valence-corrected chi connectivity index (χ1v) is 9.44. The number of anilines is 1. The van der Waals surface area contributed by atoms with Crippen molar-refractivity contribution < 1.29 is 14.3 Å². The van der Waals surface area contributed by atoms with Crippen LogP contribution >= 0.6 is 0 Å². The summed E-state index contributed by atoms with van der Waals surface area (Å²) in [6, 6.07) is 7.39. The molecule has 3 rings (SSSR count). The Morgan fingerprint density at radius 2 is 1.96 bits per heavy atom. The fourth-order valence-corrected chi connectivity index (χ4v) is 3.39. The van der Waals surface area contributed by atoms with Gasteiger partial charge in [0, 0.05) is 23.7 Å². The van der Waals surface area contributed by atoms with Crippen molar-refractivity contribution >= 4 is 17.5 Å². The van der Waals surface area contributed by atoms with Crippen molar-refractivity contribution in [2.24, 2.45) is 5.92 Å². The highest BCUT2D eigenvalue weighted by Crippen LogP contribution is 2.30. The van der Waals surface area contributed by atoms with Crippen LogP contribution in [0.3, 0.4) is 0 Å². The number of hydrogen-bond donors (Lipinski definition) is 1. The molecule has 0 bridgehead atoms. The Morgan fingerprint density at radius 1 is 1.19 bits per heavy atom. The van der Waals surface area contributed by atoms with Gasteiger partial charge in [0.25, 0.3) is 5.91 Å². The molecule has 0 saturated heterocycles. The second kappa shape index (κ2) is 8.75. The maximum Gasteiger partial charge on any atom is 0.261 e. The van der Waals surface area contributed by atoms with E-state index in [-0.39, 0.29) is 30.4 Å². The van der Waals surface area contributed by atoms with Crippen LogP contribution in [0, 0.1) is 18.3 Å². The SMILES string of the molecule is C#CCN(C(=O)COc1cccc(NC(=O)C2CC2)c1)C1CCCCC1. The van der Waals surface area contributed by atoms with Gasteiger partial charge in [-0.3, -0.25) is 9.59 Å². The minimum absolute atomic E-state index is 0.0434. The second-order valence-electron chi connectivity index (χ2n) is 7.10. The Labute approximate surface area is 155 Å². The number of hydrogen-bond acceptors (Lipinski definition) is 3. The number of nitrogens with zero attached hydrogens (tertiary/aromatic N) is 1. The number of benzene rings is 1. The van der Waals surface area contributed by atoms with Crippen molar-refractivity contribution in [1.82, 2.24) is 4.90 Å². The number of carbonyl (C=O) groups is 2. The Bertz CT molecular complexity index is 685. The van der Waals surface area contributed by atoms with E-state index in [9.17, 15) is 9.59 Å². The highest BCUT2D eigenvalue weighted by atomic mass is 16.5. The number of terminal acetylenes is 1. The van der Waals surface area contributed by atoms with Gasteiger partial charge in [-0.2, -0.15) is 0 Å². The van der Waals surface area contributed by atoms with Gasteiger partial charge in [-0.25, -0.2) is 0 Å². The van der Waals surface area contributed by atoms with Crippen LogP contribution in [0.1, 0.15) is 44.9 Å². The van der Waals surface area contributed by atoms with Crippen LogP contribution in [0.4, 0.5) is 5.69 Å². The topological polar surface area (TPSA) is 58.6 Å². The largest absolute Gasteiger partial charge is 0.484 e. The summed E-state index contributed by atoms with van der Waals surface area (Å²) in [4.78, 5) is 26.2. The molecule has 5 heteroatoms. The Kier molecular flexibility index (Phi) is 6.17. The van der Waals surface area contributed by atoms with Gasteiger partial charge in [0.05, 0.1) is 6.54 Å². The van der Waals surface area contributed by atoms with E-state index >= 15 is 0 Å². The molecule has 2 fully saturated rings. The van der Waals surface area contributed by atoms with Crippen LogP contribution in [-0.4, -0.2) is 35.9 Å². The number of amides is 2. The highest BCUT2D eigenvalue weighted by molar-refractivity contribution is 5.94. The third-order valence-corrected chi connectivity index (χ3v) is 5.01. The summed E-state index contributed by atoms with van der Waals surface area (Å²) >= 11 is 0. The monoisotopic (exact) mass is 354 g/mol. The van der Waals surface area contributed by atoms with E-state index in [1.54, 1.807) is 17.0 Å². The predicted octanol–water partition coefficient (Wildman–Crippen LogP) is 3.21. The summed E-state index contributed by atoms with van der Waals surface area (Å²) in [5.74, 6) is 3.28. The molecule has 5 nitrogen and oxygen atoms in total. The number of nitrogens with one attached hydrogen (secondary N) is 1. The Morgan fingerprint density at radius 3 is 2.65 bits per heavy atom. The van der Waals surface area contributed by atoms with E-state index < -0.39 is 0 Å². The van der Waals surface area contributed by atoms with Gasteiger partial charge in [0.1, 0.15) is 5.75 Å². The first kappa shape index (κ1) is 18.3. The molecule has 0 atom stereocenters. The van der Waals surface area contributed by atoms with Crippen molar-refractivity contribution in [1.29, 1.82) is 0 Å². The van der Waals surface area contributed by atoms with Gasteiger partial charge in [0.2, 0.25) is 5.91 Å². The average molecular weight is 354 g/mol. The van der Waals surface area contributed by atoms with E-state index in [0.29, 0.717) is 18.0 Å². The van der Waals surface area contributed by atoms with E-state index in [4.69, 9.17) is 11.2 Å². The molecule has 0 unspecified atom stereocenters. The Balaban J connectivity index is 1.55. The van der Waals surface area contributed by atoms with Crippen LogP contribution in [0.2, 0.25) is 0 Å². The molecule has 2 aliphatic carbocycles. The first-order chi connectivity index (χ1) is 12.7. The van der Waals surface area contributed by atoms with Crippen LogP contribution < -0.4 is 10.1 Å². The zero-order chi connectivity index (χ0) is 18.4. The van der Waals surface area contributed by atoms with Crippen LogP contribution in [0.25, 0.3) is 0 Å². The predicted molar refractivity (Wildman–Crippen MR) is 101 cm³/mol. The smallest absolute Gasteiger partial charge is 0.261 e. The fourth-order valence-electron chi connectivity index (χ4n) is 3.39. The summed E-state index contributed by atoms with van der Waals surface area (Å²) < 4.78 is 5.67. The summed E-state index contributed by atoms with van der Waals surface area (Å²) in [6.07, 6.45) is 12.9. The van der Waals surface area contributed by atoms with Gasteiger partial charge in [0.15, 0.2) is 6.61 Å². The molecule has 1 aromatic carbocycles. The molecule has 26 heavy (non-hydrogen) atoms. The lowest BCUT2D eigenvalue weighted by Gasteiger charge is -2.33. The maximum absolute atomic E-state index is 12.6. The molecule has 0 spiro atoms. The van der Waals surface area contributed by atoms with Crippen molar-refractivity contribution in [2.75, 3.05) is 18.5 Å². The molecule has 0 aromatic heterocycles. The lowest BCUT2D eigenvalue weighted by Crippen LogP contribution is -2.44. The van der Waals surface area contributed by atoms with E-state index in [2.05, 4.69) is 11.2 Å². The summed E-state index contributed by atoms with van der Waals surface area (Å²) in [5, 5.41) is 2.89. The molecular formula is C21H26N2O3. The van der Waals surface area contributed by atoms with Crippen molar-refractivity contribution in [3.05, 3.63) is 24.3 Å². The minimum atomic E-state index is -0.0812. The lowest BCUT2D eigenvalue weighted by molar-refractivity contribution is -0.135. The summed E-state index contributed by atoms with van der Waals surface area (Å²) in [5.41, 5.74) is 0.694. The molecule has 0 heterocycles. The first-order valence-electron chi connectivity index (χ1n) is 9.44. The Hall–Kier alpha value is -2.48. The molecule has 2 saturated carbocycles. The standard InChI is InChI=1S/C21H26N2O3/c1-2-13-23(18-8-4-3-5-9-18)20(24)15-26-19-10-6-7-17(14-19)22-21(25)16-11-12-16/h1,6-7,10,14,16,18H,3-5,8-9,11-13,15H2,(H,22,25). The van der Waals surface area contributed by atoms with Crippen molar-refractivity contribution in [3.8, 4) is 18.1 Å². The third kappa shape index (κ3) is 5.01. The minimum Gasteiger partial charge on any atom is -0.484 e. The zero-order valence-electron chi connectivity index (χ0n) is 15.1. The number of carbonyl (C=O) groups excluding carboxylic acids is 2. The van der Waals surface area contributed by atoms with Crippen molar-refractivity contribution in [2.45, 2.75) is 51.0 Å². The van der Waals surface area contributed by atoms with Gasteiger partial charge < -0.3 is 15.0 Å². The average Bonchev–Trinajstić information content (AvgIpc) is 3.50. The van der Waals surface area contributed by atoms with Gasteiger partial charge in [-0.05, 0) is 37.8 Å². The fraction of sp³-hybridized carbons (Fsp3) is 0.524. The summed E-state index contributed by atoms with van der Waals surface area (Å²) in [6.45, 7) is 0.280. The van der Waals surface area contributed by atoms with Gasteiger partial charge in [-0.15, -0.1) is 6.42 Å². The highest BCUT2D eigenvalue weighted by Gasteiger charge is 2.29. The lowest BCUT2D eigenvalue weighted by atomic mass is 9.94. The summed E-state index contributed by atoms with van der Waals surface area (Å²) in [7, 11) is 0. The van der Waals surface area contributed by atoms with Crippen LogP contribution in [0.15, 0.2) is 24.3 Å². The molecule has 2 amide bonds. The second-order valence-corrected chi connectivity index (χ2v) is 7.10. The third-order valence-electron chi connectivity index (χ3n) is 5.01. The zero-order valence-corrected chi connectivity index (χ0v) is 15.1. The number of ether oxygens (including phenoxy) is 1. The van der Waals surface area contributed by atoms with E-state index in [0.717, 1.165) is 38.5 Å². The molecule has 1 N–H and O–H groups in total. The molecule has 2 aliphatic rings. The van der Waals surface area contributed by atoms with Crippen LogP contribution in [-0.2, 0) is 9.59 Å². The van der Waals surface area contributed by atoms with E-state index in [1.807, 2.05) is 12.1 Å². The molecule has 0 aliphatic heterocycles. The van der Waals surface area contributed by atoms with E-state index in [1.165, 1.54) is 6.42 Å². The van der Waals surface area contributed by atoms with Gasteiger partial charge >= 0.3 is 0 Å². The molecule has 0 radical (unpaired) electrons. The number of rotatable bonds is 7. The maximum atomic E-state index is 12.6. The molecular weight excluding hydrogens is 328 g/mol. The normalized spacial score (nSPS) is 17.2. The molecule has 1 aromatic rings. The van der Waals surface area contributed by atoms with Crippen molar-refractivity contribution in [3.63, 3.8) is 0 Å². The molecule has 138 valence electrons. The van der Waals surface area contributed by atoms with Crippen LogP contribution in [0.5, 0.6) is 5.75 Å². The quantitative estimate of drug-likeness (QED) is 0.765.